The minimum atomic E-state index is -1.86. The van der Waals surface area contributed by atoms with Crippen LogP contribution in [0.15, 0.2) is 0 Å². The highest BCUT2D eigenvalue weighted by Crippen LogP contribution is 2.24. The Hall–Kier alpha value is -1.22. The van der Waals surface area contributed by atoms with Crippen molar-refractivity contribution in [3.8, 4) is 0 Å². The van der Waals surface area contributed by atoms with Crippen LogP contribution in [0.5, 0.6) is 0 Å². The molecule has 0 aliphatic carbocycles. The number of aliphatic hydroxyl groups is 7. The van der Waals surface area contributed by atoms with Crippen molar-refractivity contribution in [2.24, 2.45) is 0 Å². The normalized spacial score (nSPS) is 33.8. The number of amides is 1. The van der Waals surface area contributed by atoms with Gasteiger partial charge in [-0.15, -0.1) is 0 Å². The average Bonchev–Trinajstić information content (AvgIpc) is 2.62. The monoisotopic (exact) mass is 383 g/mol. The van der Waals surface area contributed by atoms with Crippen molar-refractivity contribution < 1.29 is 54.8 Å². The van der Waals surface area contributed by atoms with Gasteiger partial charge >= 0.3 is 0 Å². The van der Waals surface area contributed by atoms with Crippen molar-refractivity contribution in [3.63, 3.8) is 0 Å². The minimum absolute atomic E-state index is 0.180. The molecule has 1 unspecified atom stereocenters. The van der Waals surface area contributed by atoms with Gasteiger partial charge in [-0.25, -0.2) is 0 Å². The quantitative estimate of drug-likeness (QED) is 0.176. The van der Waals surface area contributed by atoms with E-state index in [4.69, 9.17) is 19.7 Å². The Bertz CT molecular complexity index is 462. The molecule has 26 heavy (non-hydrogen) atoms. The van der Waals surface area contributed by atoms with Crippen molar-refractivity contribution in [1.29, 1.82) is 0 Å². The van der Waals surface area contributed by atoms with Crippen molar-refractivity contribution in [1.82, 2.24) is 5.32 Å². The molecule has 152 valence electrons. The van der Waals surface area contributed by atoms with Gasteiger partial charge in [0.2, 0.25) is 5.91 Å². The summed E-state index contributed by atoms with van der Waals surface area (Å²) in [4.78, 5) is 22.2. The summed E-state index contributed by atoms with van der Waals surface area (Å²) in [5.74, 6) is -0.661. The highest BCUT2D eigenvalue weighted by Gasteiger charge is 2.46. The molecular weight excluding hydrogens is 358 g/mol. The predicted molar refractivity (Wildman–Crippen MR) is 81.4 cm³/mol. The summed E-state index contributed by atoms with van der Waals surface area (Å²) in [6, 6.07) is -1.51. The summed E-state index contributed by atoms with van der Waals surface area (Å²) >= 11 is 0. The fourth-order valence-corrected chi connectivity index (χ4v) is 2.48. The Balaban J connectivity index is 2.99. The molecule has 0 aromatic carbocycles. The van der Waals surface area contributed by atoms with E-state index >= 15 is 0 Å². The molecule has 1 fully saturated rings. The summed E-state index contributed by atoms with van der Waals surface area (Å²) < 4.78 is 10.3. The second kappa shape index (κ2) is 10.2. The summed E-state index contributed by atoms with van der Waals surface area (Å²) in [5, 5.41) is 69.9. The molecule has 12 heteroatoms. The van der Waals surface area contributed by atoms with E-state index in [1.165, 1.54) is 0 Å². The number of hydrogen-bond donors (Lipinski definition) is 8. The summed E-state index contributed by atoms with van der Waals surface area (Å²) in [5.41, 5.74) is 0. The van der Waals surface area contributed by atoms with Crippen molar-refractivity contribution in [2.75, 3.05) is 13.2 Å². The van der Waals surface area contributed by atoms with E-state index in [1.807, 2.05) is 0 Å². The van der Waals surface area contributed by atoms with Gasteiger partial charge in [-0.05, 0) is 0 Å². The van der Waals surface area contributed by atoms with Gasteiger partial charge in [-0.3, -0.25) is 4.79 Å². The average molecular weight is 383 g/mol. The molecule has 12 nitrogen and oxygen atoms in total. The number of carbonyl (C=O) groups is 2. The van der Waals surface area contributed by atoms with Crippen LogP contribution in [0.3, 0.4) is 0 Å². The smallest absolute Gasteiger partial charge is 0.217 e. The largest absolute Gasteiger partial charge is 0.394 e. The van der Waals surface area contributed by atoms with Gasteiger partial charge in [0.25, 0.3) is 0 Å². The number of aldehydes is 1. The molecule has 0 aromatic heterocycles. The van der Waals surface area contributed by atoms with Crippen LogP contribution in [-0.2, 0) is 19.1 Å². The van der Waals surface area contributed by atoms with Crippen LogP contribution in [0.4, 0.5) is 0 Å². The lowest BCUT2D eigenvalue weighted by molar-refractivity contribution is -0.324. The van der Waals surface area contributed by atoms with E-state index in [1.54, 1.807) is 0 Å². The van der Waals surface area contributed by atoms with Crippen LogP contribution in [0.1, 0.15) is 6.92 Å². The lowest BCUT2D eigenvalue weighted by Gasteiger charge is -2.42. The van der Waals surface area contributed by atoms with Crippen molar-refractivity contribution in [3.05, 3.63) is 0 Å². The molecular formula is C14H25NO11. The number of carbonyl (C=O) groups excluding carboxylic acids is 2. The summed E-state index contributed by atoms with van der Waals surface area (Å²) in [6.45, 7) is -0.562. The van der Waals surface area contributed by atoms with Crippen LogP contribution in [0, 0.1) is 0 Å². The lowest BCUT2D eigenvalue weighted by Crippen LogP contribution is -2.62. The van der Waals surface area contributed by atoms with Gasteiger partial charge in [-0.1, -0.05) is 0 Å². The number of ether oxygens (including phenoxy) is 2. The van der Waals surface area contributed by atoms with E-state index in [0.29, 0.717) is 0 Å². The fraction of sp³-hybridized carbons (Fsp3) is 0.857. The standard InChI is InChI=1S/C14H25NO11/c1-5(19)15-6(2-16)9(21)13(7(20)3-17)26-14-12(24)11(23)10(22)8(4-18)25-14/h2,6-14,17-18,20-24H,3-4H2,1H3,(H,15,19)/t6-,7+,8+,9+,10+,11-,12-,13+,14?/m0/s1. The maximum Gasteiger partial charge on any atom is 0.217 e. The maximum atomic E-state index is 11.1. The number of aliphatic hydroxyl groups excluding tert-OH is 7. The van der Waals surface area contributed by atoms with Gasteiger partial charge in [0, 0.05) is 6.92 Å². The number of rotatable bonds is 9. The molecule has 0 bridgehead atoms. The van der Waals surface area contributed by atoms with E-state index in [9.17, 15) is 35.1 Å². The van der Waals surface area contributed by atoms with Gasteiger partial charge in [0.15, 0.2) is 6.29 Å². The molecule has 1 rings (SSSR count). The number of nitrogens with one attached hydrogen (secondary N) is 1. The molecule has 1 saturated heterocycles. The van der Waals surface area contributed by atoms with Crippen molar-refractivity contribution >= 4 is 12.2 Å². The first-order chi connectivity index (χ1) is 12.2. The molecule has 0 aromatic rings. The third-order valence-corrected chi connectivity index (χ3v) is 3.93. The number of hydrogen-bond acceptors (Lipinski definition) is 11. The molecule has 8 N–H and O–H groups in total. The summed E-state index contributed by atoms with van der Waals surface area (Å²) in [7, 11) is 0. The molecule has 0 saturated carbocycles. The molecule has 1 aliphatic heterocycles. The second-order valence-corrected chi connectivity index (χ2v) is 5.90. The van der Waals surface area contributed by atoms with E-state index in [0.717, 1.165) is 6.92 Å². The molecule has 1 heterocycles. The van der Waals surface area contributed by atoms with Crippen LogP contribution in [-0.4, -0.2) is 116 Å². The minimum Gasteiger partial charge on any atom is -0.394 e. The fourth-order valence-electron chi connectivity index (χ4n) is 2.48. The molecule has 1 aliphatic rings. The Labute approximate surface area is 148 Å². The van der Waals surface area contributed by atoms with Gasteiger partial charge in [-0.2, -0.15) is 0 Å². The zero-order chi connectivity index (χ0) is 20.0. The van der Waals surface area contributed by atoms with E-state index in [2.05, 4.69) is 5.32 Å². The third-order valence-electron chi connectivity index (χ3n) is 3.93. The van der Waals surface area contributed by atoms with Crippen LogP contribution in [0.2, 0.25) is 0 Å². The highest BCUT2D eigenvalue weighted by molar-refractivity contribution is 5.77. The Morgan fingerprint density at radius 1 is 1.19 bits per heavy atom. The Morgan fingerprint density at radius 2 is 1.81 bits per heavy atom. The maximum absolute atomic E-state index is 11.1. The van der Waals surface area contributed by atoms with E-state index in [-0.39, 0.29) is 6.29 Å². The van der Waals surface area contributed by atoms with Crippen LogP contribution in [0.25, 0.3) is 0 Å². The van der Waals surface area contributed by atoms with Crippen LogP contribution >= 0.6 is 0 Å². The molecule has 0 spiro atoms. The first-order valence-electron chi connectivity index (χ1n) is 7.83. The second-order valence-electron chi connectivity index (χ2n) is 5.90. The van der Waals surface area contributed by atoms with Crippen LogP contribution < -0.4 is 5.32 Å². The first-order valence-corrected chi connectivity index (χ1v) is 7.83. The molecule has 9 atom stereocenters. The third kappa shape index (κ3) is 5.39. The van der Waals surface area contributed by atoms with Gasteiger partial charge in [0.1, 0.15) is 55.1 Å². The first kappa shape index (κ1) is 22.8. The zero-order valence-electron chi connectivity index (χ0n) is 14.0. The SMILES string of the molecule is CC(=O)N[C@@H](C=O)[C@@H](O)[C@H](OC1O[C@H](CO)[C@@H](O)[C@H](O)[C@@H]1O)[C@H](O)CO. The van der Waals surface area contributed by atoms with Crippen molar-refractivity contribution in [2.45, 2.75) is 62.0 Å². The predicted octanol–water partition coefficient (Wildman–Crippen LogP) is -5.41. The molecule has 0 radical (unpaired) electrons. The lowest BCUT2D eigenvalue weighted by atomic mass is 9.98. The zero-order valence-corrected chi connectivity index (χ0v) is 14.0. The van der Waals surface area contributed by atoms with Gasteiger partial charge in [0.05, 0.1) is 13.2 Å². The molecule has 1 amide bonds. The summed E-state index contributed by atoms with van der Waals surface area (Å²) in [6.07, 6.45) is -13.4. The Kier molecular flexibility index (Phi) is 8.95. The topological polar surface area (TPSA) is 206 Å². The van der Waals surface area contributed by atoms with Gasteiger partial charge < -0.3 is 55.3 Å². The Morgan fingerprint density at radius 3 is 2.27 bits per heavy atom. The van der Waals surface area contributed by atoms with E-state index < -0.39 is 74.2 Å². The highest BCUT2D eigenvalue weighted by atomic mass is 16.7.